The van der Waals surface area contributed by atoms with Crippen LogP contribution in [0.1, 0.15) is 6.92 Å². The number of hydrogen-bond acceptors (Lipinski definition) is 4. The Kier molecular flexibility index (Phi) is 3.78. The fraction of sp³-hybridized carbons (Fsp3) is 0.412. The van der Waals surface area contributed by atoms with E-state index in [-0.39, 0.29) is 24.0 Å². The number of carbonyl (C=O) groups excluding carboxylic acids is 2. The molecule has 0 bridgehead atoms. The van der Waals surface area contributed by atoms with E-state index in [4.69, 9.17) is 0 Å². The third-order valence-electron chi connectivity index (χ3n) is 4.97. The number of piperazine rings is 1. The molecule has 1 aliphatic heterocycles. The van der Waals surface area contributed by atoms with Gasteiger partial charge >= 0.3 is 5.69 Å². The Morgan fingerprint density at radius 2 is 1.65 bits per heavy atom. The molecular weight excluding hydrogens is 336 g/mol. The van der Waals surface area contributed by atoms with Gasteiger partial charge in [-0.05, 0) is 12.1 Å². The number of imidazole rings is 1. The first-order valence-corrected chi connectivity index (χ1v) is 8.53. The molecule has 0 atom stereocenters. The van der Waals surface area contributed by atoms with Crippen LogP contribution in [0, 0.1) is 0 Å². The molecule has 2 aromatic heterocycles. The minimum absolute atomic E-state index is 0.0144. The average Bonchev–Trinajstić information content (AvgIpc) is 3.11. The third kappa shape index (κ3) is 2.47. The van der Waals surface area contributed by atoms with Crippen molar-refractivity contribution in [1.82, 2.24) is 28.5 Å². The summed E-state index contributed by atoms with van der Waals surface area (Å²) in [6.07, 6.45) is 0. The molecule has 0 saturated carbocycles. The summed E-state index contributed by atoms with van der Waals surface area (Å²) in [4.78, 5) is 40.1. The Labute approximate surface area is 149 Å². The number of hydrogen-bond donors (Lipinski definition) is 0. The van der Waals surface area contributed by atoms with Gasteiger partial charge in [-0.25, -0.2) is 13.9 Å². The van der Waals surface area contributed by atoms with Gasteiger partial charge in [-0.2, -0.15) is 0 Å². The second-order valence-electron chi connectivity index (χ2n) is 6.51. The summed E-state index contributed by atoms with van der Waals surface area (Å²) in [7, 11) is 1.84. The summed E-state index contributed by atoms with van der Waals surface area (Å²) in [5.74, 6) is 0.356. The predicted octanol–water partition coefficient (Wildman–Crippen LogP) is -0.322. The second-order valence-corrected chi connectivity index (χ2v) is 6.51. The maximum Gasteiger partial charge on any atom is 0.352 e. The third-order valence-corrected chi connectivity index (χ3v) is 4.97. The van der Waals surface area contributed by atoms with Crippen LogP contribution in [0.4, 0.5) is 0 Å². The Morgan fingerprint density at radius 1 is 1.04 bits per heavy atom. The maximum atomic E-state index is 12.7. The van der Waals surface area contributed by atoms with Crippen LogP contribution in [0.25, 0.3) is 16.8 Å². The Hall–Kier alpha value is -3.10. The molecule has 0 unspecified atom stereocenters. The van der Waals surface area contributed by atoms with Crippen LogP contribution in [-0.4, -0.2) is 66.5 Å². The lowest BCUT2D eigenvalue weighted by Gasteiger charge is -2.34. The molecule has 26 heavy (non-hydrogen) atoms. The number of fused-ring (bicyclic) bond motifs is 3. The summed E-state index contributed by atoms with van der Waals surface area (Å²) in [6, 6.07) is 7.56. The van der Waals surface area contributed by atoms with Crippen LogP contribution in [0.15, 0.2) is 29.1 Å². The zero-order valence-electron chi connectivity index (χ0n) is 14.8. The van der Waals surface area contributed by atoms with Crippen molar-refractivity contribution < 1.29 is 9.59 Å². The lowest BCUT2D eigenvalue weighted by molar-refractivity contribution is -0.139. The van der Waals surface area contributed by atoms with Crippen LogP contribution in [0.2, 0.25) is 0 Å². The number of aryl methyl sites for hydroxylation is 1. The van der Waals surface area contributed by atoms with Crippen LogP contribution in [0.5, 0.6) is 0 Å². The van der Waals surface area contributed by atoms with Crippen LogP contribution in [0.3, 0.4) is 0 Å². The first kappa shape index (κ1) is 16.4. The van der Waals surface area contributed by atoms with E-state index in [9.17, 15) is 14.4 Å². The number of benzene rings is 1. The Bertz CT molecular complexity index is 1070. The summed E-state index contributed by atoms with van der Waals surface area (Å²) >= 11 is 0. The first-order chi connectivity index (χ1) is 12.5. The number of nitrogens with zero attached hydrogens (tertiary/aromatic N) is 6. The molecule has 0 aliphatic carbocycles. The topological polar surface area (TPSA) is 84.8 Å². The van der Waals surface area contributed by atoms with Gasteiger partial charge in [-0.3, -0.25) is 9.59 Å². The quantitative estimate of drug-likeness (QED) is 0.630. The number of para-hydroxylation sites is 2. The molecule has 9 heteroatoms. The lowest BCUT2D eigenvalue weighted by Crippen LogP contribution is -2.51. The zero-order chi connectivity index (χ0) is 18.4. The zero-order valence-corrected chi connectivity index (χ0v) is 14.8. The molecule has 3 aromatic rings. The van der Waals surface area contributed by atoms with Gasteiger partial charge in [0.25, 0.3) is 0 Å². The van der Waals surface area contributed by atoms with Crippen molar-refractivity contribution in [3.8, 4) is 0 Å². The van der Waals surface area contributed by atoms with E-state index in [1.165, 1.54) is 16.0 Å². The van der Waals surface area contributed by atoms with E-state index in [0.29, 0.717) is 32.0 Å². The molecule has 1 aromatic carbocycles. The number of amides is 2. The normalized spacial score (nSPS) is 15.2. The van der Waals surface area contributed by atoms with E-state index in [1.54, 1.807) is 9.80 Å². The van der Waals surface area contributed by atoms with Crippen molar-refractivity contribution in [1.29, 1.82) is 0 Å². The fourth-order valence-corrected chi connectivity index (χ4v) is 3.47. The molecular formula is C17H20N6O3. The summed E-state index contributed by atoms with van der Waals surface area (Å²) in [6.45, 7) is 3.41. The van der Waals surface area contributed by atoms with E-state index >= 15 is 0 Å². The van der Waals surface area contributed by atoms with E-state index < -0.39 is 0 Å². The van der Waals surface area contributed by atoms with Crippen LogP contribution < -0.4 is 5.69 Å². The van der Waals surface area contributed by atoms with Gasteiger partial charge in [-0.1, -0.05) is 12.1 Å². The van der Waals surface area contributed by atoms with Crippen molar-refractivity contribution in [2.24, 2.45) is 7.05 Å². The van der Waals surface area contributed by atoms with Crippen molar-refractivity contribution in [3.63, 3.8) is 0 Å². The van der Waals surface area contributed by atoms with Gasteiger partial charge in [0.1, 0.15) is 6.54 Å². The smallest absolute Gasteiger partial charge is 0.339 e. The Balaban J connectivity index is 1.59. The van der Waals surface area contributed by atoms with Crippen LogP contribution >= 0.6 is 0 Å². The molecule has 0 N–H and O–H groups in total. The lowest BCUT2D eigenvalue weighted by atomic mass is 10.3. The minimum atomic E-state index is -0.326. The van der Waals surface area contributed by atoms with Crippen molar-refractivity contribution in [2.45, 2.75) is 13.5 Å². The standard InChI is InChI=1S/C17H20N6O3/c1-12(24)20-7-9-21(10-8-20)15(25)11-22-17(26)23-14-6-4-3-5-13(14)19(2)16(23)18-22/h3-6H,7-11H2,1-2H3. The molecule has 2 amide bonds. The molecule has 9 nitrogen and oxygen atoms in total. The number of carbonyl (C=O) groups is 2. The highest BCUT2D eigenvalue weighted by Crippen LogP contribution is 2.16. The SMILES string of the molecule is CC(=O)N1CCN(C(=O)Cn2nc3n(C)c4ccccc4n3c2=O)CC1. The molecule has 1 fully saturated rings. The van der Waals surface area contributed by atoms with E-state index in [2.05, 4.69) is 5.10 Å². The maximum absolute atomic E-state index is 12.7. The molecule has 136 valence electrons. The van der Waals surface area contributed by atoms with Gasteiger partial charge in [0, 0.05) is 40.2 Å². The summed E-state index contributed by atoms with van der Waals surface area (Å²) in [5.41, 5.74) is 1.35. The van der Waals surface area contributed by atoms with Gasteiger partial charge in [0.2, 0.25) is 17.6 Å². The van der Waals surface area contributed by atoms with Crippen molar-refractivity contribution in [2.75, 3.05) is 26.2 Å². The Morgan fingerprint density at radius 3 is 2.31 bits per heavy atom. The largest absolute Gasteiger partial charge is 0.352 e. The molecule has 0 spiro atoms. The highest BCUT2D eigenvalue weighted by Gasteiger charge is 2.24. The van der Waals surface area contributed by atoms with Gasteiger partial charge in [0.05, 0.1) is 11.0 Å². The monoisotopic (exact) mass is 356 g/mol. The van der Waals surface area contributed by atoms with Crippen molar-refractivity contribution >= 4 is 28.6 Å². The molecule has 0 radical (unpaired) electrons. The van der Waals surface area contributed by atoms with E-state index in [0.717, 1.165) is 11.0 Å². The van der Waals surface area contributed by atoms with Crippen molar-refractivity contribution in [3.05, 3.63) is 34.7 Å². The average molecular weight is 356 g/mol. The highest BCUT2D eigenvalue weighted by molar-refractivity contribution is 5.81. The molecule has 1 aliphatic rings. The number of rotatable bonds is 2. The van der Waals surface area contributed by atoms with Crippen LogP contribution in [-0.2, 0) is 23.2 Å². The molecule has 1 saturated heterocycles. The fourth-order valence-electron chi connectivity index (χ4n) is 3.47. The molecule has 3 heterocycles. The molecule has 4 rings (SSSR count). The highest BCUT2D eigenvalue weighted by atomic mass is 16.2. The predicted molar refractivity (Wildman–Crippen MR) is 94.8 cm³/mol. The summed E-state index contributed by atoms with van der Waals surface area (Å²) in [5, 5.41) is 4.35. The van der Waals surface area contributed by atoms with Gasteiger partial charge < -0.3 is 14.4 Å². The minimum Gasteiger partial charge on any atom is -0.339 e. The number of aromatic nitrogens is 4. The first-order valence-electron chi connectivity index (χ1n) is 8.53. The van der Waals surface area contributed by atoms with E-state index in [1.807, 2.05) is 35.9 Å². The second kappa shape index (κ2) is 6.01. The van der Waals surface area contributed by atoms with Gasteiger partial charge in [0.15, 0.2) is 0 Å². The summed E-state index contributed by atoms with van der Waals surface area (Å²) < 4.78 is 4.57. The van der Waals surface area contributed by atoms with Gasteiger partial charge in [-0.15, -0.1) is 5.10 Å².